The van der Waals surface area contributed by atoms with Crippen LogP contribution in [0.15, 0.2) is 23.9 Å². The molecule has 0 bridgehead atoms. The van der Waals surface area contributed by atoms with Crippen molar-refractivity contribution in [3.8, 4) is 11.5 Å². The zero-order chi connectivity index (χ0) is 12.4. The van der Waals surface area contributed by atoms with Crippen LogP contribution in [0.25, 0.3) is 6.08 Å². The quantitative estimate of drug-likeness (QED) is 0.533. The van der Waals surface area contributed by atoms with E-state index in [9.17, 15) is 9.90 Å². The number of thiocarbonyl (C=S) groups is 1. The zero-order valence-electron chi connectivity index (χ0n) is 8.98. The van der Waals surface area contributed by atoms with Gasteiger partial charge in [-0.1, -0.05) is 12.1 Å². The van der Waals surface area contributed by atoms with Crippen molar-refractivity contribution in [2.45, 2.75) is 0 Å². The van der Waals surface area contributed by atoms with E-state index in [1.54, 1.807) is 18.2 Å². The highest BCUT2D eigenvalue weighted by Gasteiger charge is 2.20. The standard InChI is InChI=1S/C11H10N2O3S/c1-16-8-4-2-3-6(9(8)14)5-7-10(15)13-11(17)12-7/h2-5,14H,1H3,(H2,12,13,15,17). The Balaban J connectivity index is 2.39. The Hall–Kier alpha value is -2.08. The summed E-state index contributed by atoms with van der Waals surface area (Å²) >= 11 is 4.80. The van der Waals surface area contributed by atoms with Crippen LogP contribution in [0.1, 0.15) is 5.56 Å². The number of hydrogen-bond donors (Lipinski definition) is 3. The number of carbonyl (C=O) groups excluding carboxylic acids is 1. The summed E-state index contributed by atoms with van der Waals surface area (Å²) in [5.41, 5.74) is 0.769. The minimum Gasteiger partial charge on any atom is -0.504 e. The van der Waals surface area contributed by atoms with E-state index in [1.165, 1.54) is 13.2 Å². The highest BCUT2D eigenvalue weighted by atomic mass is 32.1. The van der Waals surface area contributed by atoms with E-state index in [-0.39, 0.29) is 16.8 Å². The van der Waals surface area contributed by atoms with E-state index in [0.29, 0.717) is 17.0 Å². The minimum absolute atomic E-state index is 0.0186. The first-order chi connectivity index (χ1) is 8.11. The highest BCUT2D eigenvalue weighted by Crippen LogP contribution is 2.30. The number of phenolic OH excluding ortho intramolecular Hbond substituents is 1. The van der Waals surface area contributed by atoms with E-state index in [2.05, 4.69) is 10.6 Å². The lowest BCUT2D eigenvalue weighted by Crippen LogP contribution is -2.21. The Morgan fingerprint density at radius 3 is 2.76 bits per heavy atom. The molecule has 2 rings (SSSR count). The Kier molecular flexibility index (Phi) is 2.97. The van der Waals surface area contributed by atoms with Crippen molar-refractivity contribution < 1.29 is 14.6 Å². The monoisotopic (exact) mass is 250 g/mol. The average molecular weight is 250 g/mol. The lowest BCUT2D eigenvalue weighted by Gasteiger charge is -2.05. The molecular formula is C11H10N2O3S. The number of amides is 1. The van der Waals surface area contributed by atoms with Crippen LogP contribution >= 0.6 is 12.2 Å². The van der Waals surface area contributed by atoms with Gasteiger partial charge in [0.2, 0.25) is 0 Å². The van der Waals surface area contributed by atoms with Crippen LogP contribution < -0.4 is 15.4 Å². The van der Waals surface area contributed by atoms with E-state index in [0.717, 1.165) is 0 Å². The van der Waals surface area contributed by atoms with Crippen LogP contribution in [0, 0.1) is 0 Å². The van der Waals surface area contributed by atoms with Gasteiger partial charge in [0.15, 0.2) is 16.6 Å². The normalized spacial score (nSPS) is 16.9. The molecule has 1 aliphatic rings. The van der Waals surface area contributed by atoms with Crippen LogP contribution in [0.5, 0.6) is 11.5 Å². The summed E-state index contributed by atoms with van der Waals surface area (Å²) in [6.07, 6.45) is 1.51. The number of ether oxygens (including phenoxy) is 1. The fourth-order valence-corrected chi connectivity index (χ4v) is 1.66. The molecule has 0 unspecified atom stereocenters. The number of carbonyl (C=O) groups is 1. The molecule has 1 heterocycles. The molecular weight excluding hydrogens is 240 g/mol. The minimum atomic E-state index is -0.322. The molecule has 6 heteroatoms. The molecule has 0 saturated carbocycles. The number of rotatable bonds is 2. The second-order valence-electron chi connectivity index (χ2n) is 3.36. The topological polar surface area (TPSA) is 70.6 Å². The third kappa shape index (κ3) is 2.21. The largest absolute Gasteiger partial charge is 0.504 e. The number of hydrogen-bond acceptors (Lipinski definition) is 4. The van der Waals surface area contributed by atoms with Gasteiger partial charge in [-0.3, -0.25) is 10.1 Å². The van der Waals surface area contributed by atoms with E-state index < -0.39 is 0 Å². The first-order valence-electron chi connectivity index (χ1n) is 4.82. The summed E-state index contributed by atoms with van der Waals surface area (Å²) in [6, 6.07) is 5.02. The molecule has 1 aliphatic heterocycles. The van der Waals surface area contributed by atoms with E-state index in [1.807, 2.05) is 0 Å². The molecule has 3 N–H and O–H groups in total. The van der Waals surface area contributed by atoms with Gasteiger partial charge in [0.1, 0.15) is 5.70 Å². The van der Waals surface area contributed by atoms with Crippen molar-refractivity contribution in [2.75, 3.05) is 7.11 Å². The Morgan fingerprint density at radius 1 is 1.41 bits per heavy atom. The SMILES string of the molecule is COc1cccc(C=C2NC(=S)NC2=O)c1O. The molecule has 1 fully saturated rings. The molecule has 0 spiro atoms. The molecule has 0 aliphatic carbocycles. The number of phenols is 1. The first kappa shape index (κ1) is 11.4. The van der Waals surface area contributed by atoms with Gasteiger partial charge in [-0.05, 0) is 24.4 Å². The second-order valence-corrected chi connectivity index (χ2v) is 3.77. The predicted octanol–water partition coefficient (Wildman–Crippen LogP) is 0.746. The maximum absolute atomic E-state index is 11.4. The zero-order valence-corrected chi connectivity index (χ0v) is 9.80. The van der Waals surface area contributed by atoms with Crippen LogP contribution in [-0.2, 0) is 4.79 Å². The molecule has 0 aromatic heterocycles. The maximum atomic E-state index is 11.4. The summed E-state index contributed by atoms with van der Waals surface area (Å²) in [5, 5.41) is 15.2. The van der Waals surface area contributed by atoms with Gasteiger partial charge >= 0.3 is 0 Å². The summed E-state index contributed by atoms with van der Waals surface area (Å²) in [6.45, 7) is 0. The summed E-state index contributed by atoms with van der Waals surface area (Å²) < 4.78 is 4.97. The van der Waals surface area contributed by atoms with Crippen LogP contribution in [0.2, 0.25) is 0 Å². The van der Waals surface area contributed by atoms with Crippen LogP contribution in [0.4, 0.5) is 0 Å². The van der Waals surface area contributed by atoms with Crippen LogP contribution in [0.3, 0.4) is 0 Å². The van der Waals surface area contributed by atoms with Crippen molar-refractivity contribution in [3.63, 3.8) is 0 Å². The lowest BCUT2D eigenvalue weighted by atomic mass is 10.1. The Bertz CT molecular complexity index is 525. The molecule has 0 radical (unpaired) electrons. The van der Waals surface area contributed by atoms with E-state index >= 15 is 0 Å². The highest BCUT2D eigenvalue weighted by molar-refractivity contribution is 7.80. The Morgan fingerprint density at radius 2 is 2.18 bits per heavy atom. The van der Waals surface area contributed by atoms with Crippen LogP contribution in [-0.4, -0.2) is 23.2 Å². The molecule has 5 nitrogen and oxygen atoms in total. The van der Waals surface area contributed by atoms with Gasteiger partial charge in [-0.2, -0.15) is 0 Å². The summed E-state index contributed by atoms with van der Waals surface area (Å²) in [7, 11) is 1.46. The van der Waals surface area contributed by atoms with Crippen molar-refractivity contribution >= 4 is 29.3 Å². The number of para-hydroxylation sites is 1. The molecule has 0 atom stereocenters. The maximum Gasteiger partial charge on any atom is 0.273 e. The molecule has 1 aromatic rings. The number of aromatic hydroxyl groups is 1. The number of methoxy groups -OCH3 is 1. The van der Waals surface area contributed by atoms with Crippen molar-refractivity contribution in [1.82, 2.24) is 10.6 Å². The smallest absolute Gasteiger partial charge is 0.273 e. The number of benzene rings is 1. The van der Waals surface area contributed by atoms with Gasteiger partial charge < -0.3 is 15.2 Å². The average Bonchev–Trinajstić information content (AvgIpc) is 2.60. The summed E-state index contributed by atoms with van der Waals surface area (Å²) in [4.78, 5) is 11.4. The molecule has 17 heavy (non-hydrogen) atoms. The van der Waals surface area contributed by atoms with Crippen molar-refractivity contribution in [3.05, 3.63) is 29.5 Å². The van der Waals surface area contributed by atoms with E-state index in [4.69, 9.17) is 17.0 Å². The third-order valence-corrected chi connectivity index (χ3v) is 2.47. The van der Waals surface area contributed by atoms with Gasteiger partial charge in [0.25, 0.3) is 5.91 Å². The van der Waals surface area contributed by atoms with Crippen molar-refractivity contribution in [1.29, 1.82) is 0 Å². The third-order valence-electron chi connectivity index (χ3n) is 2.27. The second kappa shape index (κ2) is 4.42. The van der Waals surface area contributed by atoms with Gasteiger partial charge in [-0.15, -0.1) is 0 Å². The van der Waals surface area contributed by atoms with Gasteiger partial charge in [-0.25, -0.2) is 0 Å². The first-order valence-corrected chi connectivity index (χ1v) is 5.22. The molecule has 1 aromatic carbocycles. The number of nitrogens with one attached hydrogen (secondary N) is 2. The summed E-state index contributed by atoms with van der Waals surface area (Å²) in [5.74, 6) is 0.00692. The molecule has 88 valence electrons. The molecule has 1 saturated heterocycles. The lowest BCUT2D eigenvalue weighted by molar-refractivity contribution is -0.115. The predicted molar refractivity (Wildman–Crippen MR) is 66.5 cm³/mol. The fraction of sp³-hybridized carbons (Fsp3) is 0.0909. The fourth-order valence-electron chi connectivity index (χ4n) is 1.46. The van der Waals surface area contributed by atoms with Gasteiger partial charge in [0, 0.05) is 5.56 Å². The Labute approximate surface area is 103 Å². The molecule has 1 amide bonds. The van der Waals surface area contributed by atoms with Crippen molar-refractivity contribution in [2.24, 2.45) is 0 Å². The van der Waals surface area contributed by atoms with Gasteiger partial charge in [0.05, 0.1) is 7.11 Å².